The highest BCUT2D eigenvalue weighted by Gasteiger charge is 2.26. The number of ether oxygens (including phenoxy) is 1. The lowest BCUT2D eigenvalue weighted by Gasteiger charge is -2.08. The quantitative estimate of drug-likeness (QED) is 0.378. The second-order valence-corrected chi connectivity index (χ2v) is 7.17. The predicted molar refractivity (Wildman–Crippen MR) is 114 cm³/mol. The Morgan fingerprint density at radius 1 is 0.931 bits per heavy atom. The van der Waals surface area contributed by atoms with Gasteiger partial charge in [0.2, 0.25) is 0 Å². The van der Waals surface area contributed by atoms with E-state index in [1.807, 2.05) is 60.7 Å². The van der Waals surface area contributed by atoms with E-state index in [-0.39, 0.29) is 0 Å². The summed E-state index contributed by atoms with van der Waals surface area (Å²) in [5.41, 5.74) is 3.43. The van der Waals surface area contributed by atoms with Gasteiger partial charge in [-0.05, 0) is 41.5 Å². The van der Waals surface area contributed by atoms with Gasteiger partial charge >= 0.3 is 5.97 Å². The molecule has 0 unspecified atom stereocenters. The Morgan fingerprint density at radius 3 is 2.55 bits per heavy atom. The van der Waals surface area contributed by atoms with Gasteiger partial charge in [0.1, 0.15) is 18.1 Å². The molecule has 1 heterocycles. The first-order valence-electron chi connectivity index (χ1n) is 8.84. The molecule has 144 valence electrons. The smallest absolute Gasteiger partial charge is 0.368 e. The SMILES string of the molecule is O=C1ON=C(c2ccccc2)/C1=C/c1cccc(OCc2ccc(Cl)c(Cl)c2)c1. The lowest BCUT2D eigenvalue weighted by molar-refractivity contribution is -0.136. The molecule has 0 fully saturated rings. The number of carbonyl (C=O) groups excluding carboxylic acids is 1. The number of benzene rings is 3. The maximum atomic E-state index is 12.2. The molecule has 0 amide bonds. The zero-order chi connectivity index (χ0) is 20.2. The third-order valence-electron chi connectivity index (χ3n) is 4.30. The van der Waals surface area contributed by atoms with Crippen molar-refractivity contribution >= 4 is 41.0 Å². The Bertz CT molecular complexity index is 1120. The van der Waals surface area contributed by atoms with Crippen molar-refractivity contribution in [1.82, 2.24) is 0 Å². The number of rotatable bonds is 5. The fourth-order valence-corrected chi connectivity index (χ4v) is 3.19. The summed E-state index contributed by atoms with van der Waals surface area (Å²) in [6.45, 7) is 0.343. The molecule has 0 N–H and O–H groups in total. The van der Waals surface area contributed by atoms with Crippen LogP contribution in [0, 0.1) is 0 Å². The van der Waals surface area contributed by atoms with E-state index in [2.05, 4.69) is 5.16 Å². The molecule has 1 aliphatic heterocycles. The van der Waals surface area contributed by atoms with Gasteiger partial charge in [-0.1, -0.05) is 76.9 Å². The third kappa shape index (κ3) is 4.50. The van der Waals surface area contributed by atoms with Crippen LogP contribution in [0.3, 0.4) is 0 Å². The number of hydrogen-bond donors (Lipinski definition) is 0. The van der Waals surface area contributed by atoms with Gasteiger partial charge < -0.3 is 9.57 Å². The van der Waals surface area contributed by atoms with Crippen LogP contribution in [0.2, 0.25) is 10.0 Å². The molecule has 0 atom stereocenters. The molecule has 3 aromatic rings. The molecule has 0 aromatic heterocycles. The van der Waals surface area contributed by atoms with E-state index < -0.39 is 5.97 Å². The number of halogens is 2. The summed E-state index contributed by atoms with van der Waals surface area (Å²) in [6, 6.07) is 22.2. The van der Waals surface area contributed by atoms with Crippen LogP contribution in [-0.2, 0) is 16.2 Å². The van der Waals surface area contributed by atoms with Gasteiger partial charge in [-0.25, -0.2) is 4.79 Å². The molecule has 29 heavy (non-hydrogen) atoms. The van der Waals surface area contributed by atoms with Crippen molar-refractivity contribution in [3.63, 3.8) is 0 Å². The van der Waals surface area contributed by atoms with E-state index in [4.69, 9.17) is 32.8 Å². The summed E-state index contributed by atoms with van der Waals surface area (Å²) < 4.78 is 5.85. The summed E-state index contributed by atoms with van der Waals surface area (Å²) in [6.07, 6.45) is 1.74. The number of nitrogens with zero attached hydrogens (tertiary/aromatic N) is 1. The first kappa shape index (κ1) is 19.2. The maximum Gasteiger partial charge on any atom is 0.368 e. The highest BCUT2D eigenvalue weighted by atomic mass is 35.5. The van der Waals surface area contributed by atoms with Crippen LogP contribution in [-0.4, -0.2) is 11.7 Å². The second-order valence-electron chi connectivity index (χ2n) is 6.35. The summed E-state index contributed by atoms with van der Waals surface area (Å²) in [5.74, 6) is 0.181. The van der Waals surface area contributed by atoms with Gasteiger partial charge in [0.05, 0.1) is 15.6 Å². The fraction of sp³-hybridized carbons (Fsp3) is 0.0435. The molecule has 0 bridgehead atoms. The van der Waals surface area contributed by atoms with Gasteiger partial charge in [-0.3, -0.25) is 0 Å². The van der Waals surface area contributed by atoms with Crippen molar-refractivity contribution in [2.24, 2.45) is 5.16 Å². The van der Waals surface area contributed by atoms with Crippen molar-refractivity contribution in [2.45, 2.75) is 6.61 Å². The third-order valence-corrected chi connectivity index (χ3v) is 5.04. The largest absolute Gasteiger partial charge is 0.489 e. The minimum atomic E-state index is -0.481. The number of oxime groups is 1. The summed E-state index contributed by atoms with van der Waals surface area (Å²) in [7, 11) is 0. The highest BCUT2D eigenvalue weighted by Crippen LogP contribution is 2.25. The van der Waals surface area contributed by atoms with Gasteiger partial charge in [-0.15, -0.1) is 0 Å². The van der Waals surface area contributed by atoms with Gasteiger partial charge in [0.25, 0.3) is 0 Å². The van der Waals surface area contributed by atoms with Crippen LogP contribution in [0.1, 0.15) is 16.7 Å². The van der Waals surface area contributed by atoms with E-state index in [1.165, 1.54) is 0 Å². The molecule has 0 aliphatic carbocycles. The average Bonchev–Trinajstić information content (AvgIpc) is 3.10. The zero-order valence-electron chi connectivity index (χ0n) is 15.1. The van der Waals surface area contributed by atoms with Crippen LogP contribution in [0.15, 0.2) is 83.5 Å². The van der Waals surface area contributed by atoms with Crippen molar-refractivity contribution in [1.29, 1.82) is 0 Å². The van der Waals surface area contributed by atoms with E-state index in [0.29, 0.717) is 33.7 Å². The molecule has 0 radical (unpaired) electrons. The molecular formula is C23H15Cl2NO3. The monoisotopic (exact) mass is 423 g/mol. The fourth-order valence-electron chi connectivity index (χ4n) is 2.87. The molecule has 6 heteroatoms. The number of carbonyl (C=O) groups is 1. The molecular weight excluding hydrogens is 409 g/mol. The summed E-state index contributed by atoms with van der Waals surface area (Å²) in [4.78, 5) is 17.0. The highest BCUT2D eigenvalue weighted by molar-refractivity contribution is 6.42. The molecule has 4 rings (SSSR count). The first-order chi connectivity index (χ1) is 14.1. The molecule has 0 saturated heterocycles. The van der Waals surface area contributed by atoms with Gasteiger partial charge in [-0.2, -0.15) is 0 Å². The minimum absolute atomic E-state index is 0.343. The lowest BCUT2D eigenvalue weighted by atomic mass is 10.0. The van der Waals surface area contributed by atoms with Gasteiger partial charge in [0, 0.05) is 5.56 Å². The average molecular weight is 424 g/mol. The Kier molecular flexibility index (Phi) is 5.65. The van der Waals surface area contributed by atoms with E-state index in [0.717, 1.165) is 16.7 Å². The molecule has 0 spiro atoms. The Hall–Kier alpha value is -3.08. The van der Waals surface area contributed by atoms with Crippen LogP contribution in [0.25, 0.3) is 6.08 Å². The van der Waals surface area contributed by atoms with Crippen LogP contribution < -0.4 is 4.74 Å². The van der Waals surface area contributed by atoms with E-state index >= 15 is 0 Å². The topological polar surface area (TPSA) is 47.9 Å². The van der Waals surface area contributed by atoms with Crippen LogP contribution in [0.5, 0.6) is 5.75 Å². The van der Waals surface area contributed by atoms with Crippen molar-refractivity contribution < 1.29 is 14.4 Å². The lowest BCUT2D eigenvalue weighted by Crippen LogP contribution is -2.06. The van der Waals surface area contributed by atoms with Crippen molar-refractivity contribution in [3.05, 3.63) is 105 Å². The Morgan fingerprint density at radius 2 is 1.76 bits per heavy atom. The second kappa shape index (κ2) is 8.52. The standard InChI is InChI=1S/C23H15Cl2NO3/c24-20-10-9-16(13-21(20)25)14-28-18-8-4-5-15(11-18)12-19-22(26-29-23(19)27)17-6-2-1-3-7-17/h1-13H,14H2/b19-12-. The Labute approximate surface area is 178 Å². The van der Waals surface area contributed by atoms with Crippen LogP contribution >= 0.6 is 23.2 Å². The maximum absolute atomic E-state index is 12.2. The van der Waals surface area contributed by atoms with Crippen LogP contribution in [0.4, 0.5) is 0 Å². The molecule has 4 nitrogen and oxygen atoms in total. The van der Waals surface area contributed by atoms with E-state index in [9.17, 15) is 4.79 Å². The Balaban J connectivity index is 1.54. The first-order valence-corrected chi connectivity index (χ1v) is 9.59. The molecule has 1 aliphatic rings. The zero-order valence-corrected chi connectivity index (χ0v) is 16.7. The van der Waals surface area contributed by atoms with Crippen molar-refractivity contribution in [2.75, 3.05) is 0 Å². The van der Waals surface area contributed by atoms with Gasteiger partial charge in [0.15, 0.2) is 0 Å². The minimum Gasteiger partial charge on any atom is -0.489 e. The van der Waals surface area contributed by atoms with Crippen molar-refractivity contribution in [3.8, 4) is 5.75 Å². The normalized spacial score (nSPS) is 14.6. The summed E-state index contributed by atoms with van der Waals surface area (Å²) >= 11 is 12.0. The van der Waals surface area contributed by atoms with E-state index in [1.54, 1.807) is 18.2 Å². The predicted octanol–water partition coefficient (Wildman–Crippen LogP) is 5.92. The summed E-state index contributed by atoms with van der Waals surface area (Å²) in [5, 5.41) is 4.91. The molecule has 0 saturated carbocycles. The molecule has 3 aromatic carbocycles. The number of hydrogen-bond acceptors (Lipinski definition) is 4.